The molecule has 6 N–H and O–H groups in total. The van der Waals surface area contributed by atoms with Gasteiger partial charge < -0.3 is 31.1 Å². The van der Waals surface area contributed by atoms with Crippen LogP contribution in [0.4, 0.5) is 13.2 Å². The second-order valence-corrected chi connectivity index (χ2v) is 9.15. The third-order valence-corrected chi connectivity index (χ3v) is 6.75. The van der Waals surface area contributed by atoms with Crippen LogP contribution in [0.15, 0.2) is 45.9 Å². The van der Waals surface area contributed by atoms with E-state index in [2.05, 4.69) is 21.2 Å². The van der Waals surface area contributed by atoms with Crippen LogP contribution in [-0.2, 0) is 4.74 Å². The SMILES string of the molecule is N#Cc1ccc(SC2OC(CO)C(O)C(N/C=C(\N)c3cc(F)c(F)c(F)c3)C2O)cc1Br. The van der Waals surface area contributed by atoms with Gasteiger partial charge in [-0.05, 0) is 46.3 Å². The summed E-state index contributed by atoms with van der Waals surface area (Å²) in [5.41, 5.74) is 4.98. The largest absolute Gasteiger partial charge is 0.397 e. The standard InChI is InChI=1S/C21H19BrF3N3O4S/c22-12-5-11(2-1-9(12)6-26)33-21-20(31)18(19(30)16(8-29)32-21)28-7-15(27)10-3-13(23)17(25)14(24)4-10/h1-5,7,16,18-21,28-31H,8,27H2/b15-7-. The van der Waals surface area contributed by atoms with Crippen molar-refractivity contribution < 1.29 is 33.2 Å². The normalized spacial score (nSPS) is 25.5. The Balaban J connectivity index is 1.80. The summed E-state index contributed by atoms with van der Waals surface area (Å²) in [6.07, 6.45) is -2.61. The van der Waals surface area contributed by atoms with Gasteiger partial charge in [-0.3, -0.25) is 0 Å². The van der Waals surface area contributed by atoms with Crippen LogP contribution in [0, 0.1) is 28.8 Å². The molecule has 33 heavy (non-hydrogen) atoms. The van der Waals surface area contributed by atoms with Gasteiger partial charge in [0.05, 0.1) is 23.9 Å². The molecule has 0 bridgehead atoms. The van der Waals surface area contributed by atoms with Crippen LogP contribution in [0.2, 0.25) is 0 Å². The summed E-state index contributed by atoms with van der Waals surface area (Å²) in [4.78, 5) is 0.643. The van der Waals surface area contributed by atoms with Crippen LogP contribution < -0.4 is 11.1 Å². The van der Waals surface area contributed by atoms with E-state index in [4.69, 9.17) is 15.7 Å². The first kappa shape index (κ1) is 25.4. The van der Waals surface area contributed by atoms with E-state index in [1.54, 1.807) is 18.2 Å². The quantitative estimate of drug-likeness (QED) is 0.349. The molecule has 12 heteroatoms. The van der Waals surface area contributed by atoms with Gasteiger partial charge in [0.2, 0.25) is 0 Å². The molecular weight excluding hydrogens is 527 g/mol. The molecule has 0 aliphatic carbocycles. The molecule has 0 radical (unpaired) electrons. The highest BCUT2D eigenvalue weighted by molar-refractivity contribution is 9.10. The second kappa shape index (κ2) is 10.8. The molecule has 7 nitrogen and oxygen atoms in total. The average molecular weight is 546 g/mol. The smallest absolute Gasteiger partial charge is 0.194 e. The van der Waals surface area contributed by atoms with Crippen molar-refractivity contribution in [2.75, 3.05) is 6.61 Å². The van der Waals surface area contributed by atoms with Crippen molar-refractivity contribution in [2.24, 2.45) is 5.73 Å². The number of aliphatic hydroxyl groups is 3. The number of hydrogen-bond donors (Lipinski definition) is 5. The van der Waals surface area contributed by atoms with Crippen LogP contribution in [0.3, 0.4) is 0 Å². The van der Waals surface area contributed by atoms with E-state index in [9.17, 15) is 28.5 Å². The van der Waals surface area contributed by atoms with Crippen molar-refractivity contribution in [1.82, 2.24) is 5.32 Å². The van der Waals surface area contributed by atoms with E-state index in [1.807, 2.05) is 6.07 Å². The van der Waals surface area contributed by atoms with E-state index in [-0.39, 0.29) is 11.3 Å². The van der Waals surface area contributed by atoms with E-state index in [0.717, 1.165) is 18.0 Å². The number of hydrogen-bond acceptors (Lipinski definition) is 8. The fourth-order valence-electron chi connectivity index (χ4n) is 3.17. The maximum absolute atomic E-state index is 13.5. The molecule has 1 aliphatic rings. The number of ether oxygens (including phenoxy) is 1. The highest BCUT2D eigenvalue weighted by Crippen LogP contribution is 2.35. The second-order valence-electron chi connectivity index (χ2n) is 7.12. The van der Waals surface area contributed by atoms with Crippen LogP contribution >= 0.6 is 27.7 Å². The Morgan fingerprint density at radius 2 is 1.88 bits per heavy atom. The van der Waals surface area contributed by atoms with Crippen molar-refractivity contribution in [1.29, 1.82) is 5.26 Å². The number of aliphatic hydroxyl groups excluding tert-OH is 3. The van der Waals surface area contributed by atoms with Crippen LogP contribution in [0.1, 0.15) is 11.1 Å². The lowest BCUT2D eigenvalue weighted by Gasteiger charge is -2.42. The fourth-order valence-corrected chi connectivity index (χ4v) is 4.89. The summed E-state index contributed by atoms with van der Waals surface area (Å²) in [7, 11) is 0. The number of halogens is 4. The zero-order valence-corrected chi connectivity index (χ0v) is 19.2. The predicted octanol–water partition coefficient (Wildman–Crippen LogP) is 2.18. The van der Waals surface area contributed by atoms with Gasteiger partial charge in [0.15, 0.2) is 17.5 Å². The Hall–Kier alpha value is -2.27. The molecule has 0 amide bonds. The van der Waals surface area contributed by atoms with Crippen molar-refractivity contribution in [3.05, 3.63) is 69.6 Å². The van der Waals surface area contributed by atoms with Crippen molar-refractivity contribution >= 4 is 33.4 Å². The van der Waals surface area contributed by atoms with Crippen LogP contribution in [0.25, 0.3) is 5.70 Å². The molecule has 2 aromatic carbocycles. The minimum absolute atomic E-state index is 0.151. The molecule has 5 unspecified atom stereocenters. The minimum Gasteiger partial charge on any atom is -0.397 e. The molecule has 0 aromatic heterocycles. The molecule has 176 valence electrons. The summed E-state index contributed by atoms with van der Waals surface area (Å²) >= 11 is 4.38. The van der Waals surface area contributed by atoms with E-state index < -0.39 is 53.8 Å². The minimum atomic E-state index is -1.63. The first-order valence-electron chi connectivity index (χ1n) is 9.51. The van der Waals surface area contributed by atoms with Gasteiger partial charge in [-0.15, -0.1) is 0 Å². The number of nitrogens with two attached hydrogens (primary N) is 1. The molecule has 1 aliphatic heterocycles. The van der Waals surface area contributed by atoms with Crippen LogP contribution in [0.5, 0.6) is 0 Å². The lowest BCUT2D eigenvalue weighted by molar-refractivity contribution is -0.164. The van der Waals surface area contributed by atoms with Crippen molar-refractivity contribution in [3.8, 4) is 6.07 Å². The molecule has 2 aromatic rings. The highest BCUT2D eigenvalue weighted by atomic mass is 79.9. The summed E-state index contributed by atoms with van der Waals surface area (Å²) in [6, 6.07) is 7.25. The summed E-state index contributed by atoms with van der Waals surface area (Å²) in [6.45, 7) is -0.548. The number of nitrogens with one attached hydrogen (secondary N) is 1. The number of nitriles is 1. The Morgan fingerprint density at radius 1 is 1.21 bits per heavy atom. The van der Waals surface area contributed by atoms with Gasteiger partial charge >= 0.3 is 0 Å². The Kier molecular flexibility index (Phi) is 8.28. The Bertz CT molecular complexity index is 1080. The molecule has 3 rings (SSSR count). The zero-order valence-electron chi connectivity index (χ0n) is 16.8. The Morgan fingerprint density at radius 3 is 2.45 bits per heavy atom. The monoisotopic (exact) mass is 545 g/mol. The number of rotatable bonds is 6. The molecule has 1 saturated heterocycles. The molecule has 1 heterocycles. The lowest BCUT2D eigenvalue weighted by Crippen LogP contribution is -2.62. The molecule has 5 atom stereocenters. The first-order chi connectivity index (χ1) is 15.7. The molecule has 0 saturated carbocycles. The highest BCUT2D eigenvalue weighted by Gasteiger charge is 2.44. The average Bonchev–Trinajstić information content (AvgIpc) is 2.78. The predicted molar refractivity (Wildman–Crippen MR) is 118 cm³/mol. The number of benzene rings is 2. The number of nitrogens with zero attached hydrogens (tertiary/aromatic N) is 1. The topological polar surface area (TPSA) is 132 Å². The zero-order chi connectivity index (χ0) is 24.3. The maximum atomic E-state index is 13.5. The van der Waals surface area contributed by atoms with Crippen molar-refractivity contribution in [3.63, 3.8) is 0 Å². The third kappa shape index (κ3) is 5.63. The lowest BCUT2D eigenvalue weighted by atomic mass is 9.97. The van der Waals surface area contributed by atoms with Gasteiger partial charge in [0, 0.05) is 21.1 Å². The molecular formula is C21H19BrF3N3O4S. The van der Waals surface area contributed by atoms with E-state index >= 15 is 0 Å². The van der Waals surface area contributed by atoms with E-state index in [0.29, 0.717) is 27.1 Å². The van der Waals surface area contributed by atoms with Crippen LogP contribution in [-0.4, -0.2) is 51.7 Å². The third-order valence-electron chi connectivity index (χ3n) is 4.95. The summed E-state index contributed by atoms with van der Waals surface area (Å²) in [5.74, 6) is -4.47. The molecule has 0 spiro atoms. The van der Waals surface area contributed by atoms with E-state index in [1.165, 1.54) is 0 Å². The number of thioether (sulfide) groups is 1. The summed E-state index contributed by atoms with van der Waals surface area (Å²) < 4.78 is 46.3. The van der Waals surface area contributed by atoms with Gasteiger partial charge in [-0.25, -0.2) is 13.2 Å². The Labute approximate surface area is 199 Å². The maximum Gasteiger partial charge on any atom is 0.194 e. The van der Waals surface area contributed by atoms with Gasteiger partial charge in [0.1, 0.15) is 29.8 Å². The first-order valence-corrected chi connectivity index (χ1v) is 11.2. The molecule has 1 fully saturated rings. The van der Waals surface area contributed by atoms with Crippen molar-refractivity contribution in [2.45, 2.75) is 34.7 Å². The fraction of sp³-hybridized carbons (Fsp3) is 0.286. The van der Waals surface area contributed by atoms with Gasteiger partial charge in [0.25, 0.3) is 0 Å². The van der Waals surface area contributed by atoms with Gasteiger partial charge in [-0.1, -0.05) is 11.8 Å². The van der Waals surface area contributed by atoms with Gasteiger partial charge in [-0.2, -0.15) is 5.26 Å². The summed E-state index contributed by atoms with van der Waals surface area (Å²) in [5, 5.41) is 42.6.